The number of hydrogen-bond donors (Lipinski definition) is 2. The van der Waals surface area contributed by atoms with Gasteiger partial charge in [-0.15, -0.1) is 0 Å². The number of hydrogen-bond acceptors (Lipinski definition) is 5. The maximum absolute atomic E-state index is 10.7. The maximum atomic E-state index is 10.7. The number of aryl methyl sites for hydroxylation is 1. The number of piperidine rings is 1. The summed E-state index contributed by atoms with van der Waals surface area (Å²) in [4.78, 5) is 21.3. The molecule has 0 spiro atoms. The standard InChI is InChI=1S/C12H15ClN6O2/c1-18-9-8(6-14-18)10(17-11(13)16-9)19-4-2-7(3-5-19)15-12(20)21/h6-7,15H,2-5H2,1H3,(H,20,21). The van der Waals surface area contributed by atoms with Crippen LogP contribution in [0, 0.1) is 0 Å². The van der Waals surface area contributed by atoms with Crippen LogP contribution in [0.25, 0.3) is 11.0 Å². The quantitative estimate of drug-likeness (QED) is 0.811. The fourth-order valence-electron chi connectivity index (χ4n) is 2.63. The smallest absolute Gasteiger partial charge is 0.404 e. The van der Waals surface area contributed by atoms with Crippen molar-refractivity contribution in [3.63, 3.8) is 0 Å². The van der Waals surface area contributed by atoms with Crippen LogP contribution >= 0.6 is 11.6 Å². The molecule has 112 valence electrons. The van der Waals surface area contributed by atoms with Gasteiger partial charge in [-0.2, -0.15) is 15.1 Å². The lowest BCUT2D eigenvalue weighted by Crippen LogP contribution is -2.44. The van der Waals surface area contributed by atoms with Gasteiger partial charge in [0.05, 0.1) is 11.6 Å². The Kier molecular flexibility index (Phi) is 3.54. The third-order valence-electron chi connectivity index (χ3n) is 3.67. The minimum absolute atomic E-state index is 0.0135. The fraction of sp³-hybridized carbons (Fsp3) is 0.500. The Hall–Kier alpha value is -2.09. The van der Waals surface area contributed by atoms with Gasteiger partial charge in [-0.1, -0.05) is 0 Å². The van der Waals surface area contributed by atoms with Gasteiger partial charge in [-0.3, -0.25) is 4.68 Å². The molecule has 1 amide bonds. The van der Waals surface area contributed by atoms with E-state index in [0.29, 0.717) is 18.7 Å². The largest absolute Gasteiger partial charge is 0.465 e. The first-order valence-electron chi connectivity index (χ1n) is 6.64. The minimum Gasteiger partial charge on any atom is -0.465 e. The highest BCUT2D eigenvalue weighted by molar-refractivity contribution is 6.28. The van der Waals surface area contributed by atoms with Crippen LogP contribution in [0.5, 0.6) is 0 Å². The lowest BCUT2D eigenvalue weighted by molar-refractivity contribution is 0.187. The molecule has 0 aliphatic carbocycles. The first kappa shape index (κ1) is 13.9. The molecule has 0 saturated carbocycles. The first-order chi connectivity index (χ1) is 10.0. The van der Waals surface area contributed by atoms with Crippen molar-refractivity contribution in [2.45, 2.75) is 18.9 Å². The third kappa shape index (κ3) is 2.71. The molecule has 0 aromatic carbocycles. The SMILES string of the molecule is Cn1ncc2c(N3CCC(NC(=O)O)CC3)nc(Cl)nc21. The van der Waals surface area contributed by atoms with Gasteiger partial charge in [0.15, 0.2) is 5.65 Å². The molecule has 1 aliphatic heterocycles. The summed E-state index contributed by atoms with van der Waals surface area (Å²) in [6.45, 7) is 1.42. The predicted molar refractivity (Wildman–Crippen MR) is 77.7 cm³/mol. The van der Waals surface area contributed by atoms with Gasteiger partial charge in [0, 0.05) is 26.2 Å². The van der Waals surface area contributed by atoms with Crippen molar-refractivity contribution in [3.05, 3.63) is 11.5 Å². The summed E-state index contributed by atoms with van der Waals surface area (Å²) in [6, 6.07) is -0.0135. The summed E-state index contributed by atoms with van der Waals surface area (Å²) in [7, 11) is 1.80. The Balaban J connectivity index is 1.84. The van der Waals surface area contributed by atoms with E-state index in [0.717, 1.165) is 24.0 Å². The molecule has 1 fully saturated rings. The van der Waals surface area contributed by atoms with Crippen LogP contribution in [0.4, 0.5) is 10.6 Å². The molecular formula is C12H15ClN6O2. The summed E-state index contributed by atoms with van der Waals surface area (Å²) < 4.78 is 1.66. The van der Waals surface area contributed by atoms with Gasteiger partial charge in [-0.25, -0.2) is 4.79 Å². The average Bonchev–Trinajstić information content (AvgIpc) is 2.80. The highest BCUT2D eigenvalue weighted by Crippen LogP contribution is 2.27. The zero-order valence-electron chi connectivity index (χ0n) is 11.5. The molecule has 9 heteroatoms. The number of rotatable bonds is 2. The molecule has 2 N–H and O–H groups in total. The second kappa shape index (κ2) is 5.36. The van der Waals surface area contributed by atoms with E-state index in [1.165, 1.54) is 0 Å². The van der Waals surface area contributed by atoms with Gasteiger partial charge in [0.2, 0.25) is 5.28 Å². The molecule has 0 bridgehead atoms. The molecule has 1 aliphatic rings. The van der Waals surface area contributed by atoms with E-state index in [2.05, 4.69) is 25.3 Å². The van der Waals surface area contributed by atoms with Crippen LogP contribution in [0.2, 0.25) is 5.28 Å². The summed E-state index contributed by atoms with van der Waals surface area (Å²) in [5, 5.41) is 16.5. The van der Waals surface area contributed by atoms with Crippen LogP contribution in [-0.2, 0) is 7.05 Å². The molecule has 0 unspecified atom stereocenters. The second-order valence-corrected chi connectivity index (χ2v) is 5.37. The Bertz CT molecular complexity index is 680. The molecule has 3 rings (SSSR count). The van der Waals surface area contributed by atoms with E-state index in [4.69, 9.17) is 16.7 Å². The van der Waals surface area contributed by atoms with Crippen LogP contribution in [0.1, 0.15) is 12.8 Å². The summed E-state index contributed by atoms with van der Waals surface area (Å²) in [6.07, 6.45) is 2.21. The van der Waals surface area contributed by atoms with Crippen LogP contribution in [-0.4, -0.2) is 50.1 Å². The van der Waals surface area contributed by atoms with E-state index in [-0.39, 0.29) is 11.3 Å². The van der Waals surface area contributed by atoms with Crippen molar-refractivity contribution < 1.29 is 9.90 Å². The number of aromatic nitrogens is 4. The maximum Gasteiger partial charge on any atom is 0.404 e. The summed E-state index contributed by atoms with van der Waals surface area (Å²) in [5.41, 5.74) is 0.691. The van der Waals surface area contributed by atoms with Gasteiger partial charge in [-0.05, 0) is 24.4 Å². The molecule has 0 atom stereocenters. The number of nitrogens with one attached hydrogen (secondary N) is 1. The van der Waals surface area contributed by atoms with Crippen molar-refractivity contribution in [1.82, 2.24) is 25.1 Å². The van der Waals surface area contributed by atoms with Crippen LogP contribution in [0.3, 0.4) is 0 Å². The van der Waals surface area contributed by atoms with Crippen molar-refractivity contribution >= 4 is 34.5 Å². The number of halogens is 1. The topological polar surface area (TPSA) is 96.2 Å². The van der Waals surface area contributed by atoms with E-state index in [1.54, 1.807) is 17.9 Å². The highest BCUT2D eigenvalue weighted by atomic mass is 35.5. The zero-order valence-corrected chi connectivity index (χ0v) is 12.2. The highest BCUT2D eigenvalue weighted by Gasteiger charge is 2.24. The number of anilines is 1. The van der Waals surface area contributed by atoms with E-state index < -0.39 is 6.09 Å². The molecular weight excluding hydrogens is 296 g/mol. The van der Waals surface area contributed by atoms with Crippen LogP contribution in [0.15, 0.2) is 6.20 Å². The van der Waals surface area contributed by atoms with Gasteiger partial charge in [0.25, 0.3) is 0 Å². The normalized spacial score (nSPS) is 16.4. The van der Waals surface area contributed by atoms with E-state index in [9.17, 15) is 4.79 Å². The first-order valence-corrected chi connectivity index (χ1v) is 7.02. The minimum atomic E-state index is -0.979. The summed E-state index contributed by atoms with van der Waals surface area (Å²) >= 11 is 5.99. The van der Waals surface area contributed by atoms with Crippen molar-refractivity contribution in [2.75, 3.05) is 18.0 Å². The molecule has 2 aromatic heterocycles. The number of carbonyl (C=O) groups is 1. The molecule has 0 radical (unpaired) electrons. The number of amides is 1. The molecule has 21 heavy (non-hydrogen) atoms. The van der Waals surface area contributed by atoms with Crippen molar-refractivity contribution in [3.8, 4) is 0 Å². The molecule has 2 aromatic rings. The van der Waals surface area contributed by atoms with E-state index in [1.807, 2.05) is 0 Å². The van der Waals surface area contributed by atoms with Crippen LogP contribution < -0.4 is 10.2 Å². The molecule has 1 saturated heterocycles. The predicted octanol–water partition coefficient (Wildman–Crippen LogP) is 1.25. The second-order valence-electron chi connectivity index (χ2n) is 5.03. The monoisotopic (exact) mass is 310 g/mol. The summed E-state index contributed by atoms with van der Waals surface area (Å²) in [5.74, 6) is 0.756. The lowest BCUT2D eigenvalue weighted by atomic mass is 10.1. The van der Waals surface area contributed by atoms with Gasteiger partial charge < -0.3 is 15.3 Å². The number of nitrogens with zero attached hydrogens (tertiary/aromatic N) is 5. The van der Waals surface area contributed by atoms with Gasteiger partial charge in [0.1, 0.15) is 5.82 Å². The lowest BCUT2D eigenvalue weighted by Gasteiger charge is -2.32. The van der Waals surface area contributed by atoms with Crippen molar-refractivity contribution in [1.29, 1.82) is 0 Å². The third-order valence-corrected chi connectivity index (χ3v) is 3.84. The average molecular weight is 311 g/mol. The number of carboxylic acid groups (broad SMARTS) is 1. The van der Waals surface area contributed by atoms with E-state index >= 15 is 0 Å². The Morgan fingerprint density at radius 2 is 2.14 bits per heavy atom. The Morgan fingerprint density at radius 3 is 2.81 bits per heavy atom. The Morgan fingerprint density at radius 1 is 1.43 bits per heavy atom. The zero-order chi connectivity index (χ0) is 15.0. The van der Waals surface area contributed by atoms with Crippen molar-refractivity contribution in [2.24, 2.45) is 7.05 Å². The molecule has 8 nitrogen and oxygen atoms in total. The molecule has 3 heterocycles. The Labute approximate surface area is 125 Å². The number of fused-ring (bicyclic) bond motifs is 1. The van der Waals surface area contributed by atoms with Gasteiger partial charge >= 0.3 is 6.09 Å². The fourth-order valence-corrected chi connectivity index (χ4v) is 2.79.